The zero-order chi connectivity index (χ0) is 12.4. The molecule has 1 aromatic carbocycles. The molecule has 3 heteroatoms. The van der Waals surface area contributed by atoms with Crippen LogP contribution >= 0.6 is 11.6 Å². The maximum Gasteiger partial charge on any atom is 0.137 e. The number of halogens is 1. The minimum Gasteiger partial charge on any atom is -0.492 e. The van der Waals surface area contributed by atoms with E-state index in [9.17, 15) is 0 Å². The van der Waals surface area contributed by atoms with E-state index in [-0.39, 0.29) is 0 Å². The number of rotatable bonds is 4. The molecule has 0 amide bonds. The number of nitrogens with one attached hydrogen (secondary N) is 1. The Morgan fingerprint density at radius 1 is 1.17 bits per heavy atom. The molecule has 2 nitrogen and oxygen atoms in total. The molecule has 1 saturated carbocycles. The zero-order valence-corrected chi connectivity index (χ0v) is 11.4. The highest BCUT2D eigenvalue weighted by Gasteiger charge is 2.22. The molecule has 0 atom stereocenters. The average Bonchev–Trinajstić information content (AvgIpc) is 3.22. The number of benzene rings is 1. The van der Waals surface area contributed by atoms with E-state index < -0.39 is 0 Å². The summed E-state index contributed by atoms with van der Waals surface area (Å²) >= 11 is 6.31. The first kappa shape index (κ1) is 12.3. The minimum atomic E-state index is 0.654. The standard InChI is InChI=1S/C15H20ClNO/c16-14-9-13(12-5-7-17-8-6-12)3-4-15(14)18-10-11-1-2-11/h3-4,9,11-12,17H,1-2,5-8,10H2. The Morgan fingerprint density at radius 3 is 2.61 bits per heavy atom. The average molecular weight is 266 g/mol. The van der Waals surface area contributed by atoms with Crippen molar-refractivity contribution < 1.29 is 4.74 Å². The third-order valence-electron chi connectivity index (χ3n) is 3.94. The molecule has 1 aromatic rings. The lowest BCUT2D eigenvalue weighted by Crippen LogP contribution is -2.26. The van der Waals surface area contributed by atoms with Crippen molar-refractivity contribution in [2.75, 3.05) is 19.7 Å². The van der Waals surface area contributed by atoms with Gasteiger partial charge in [-0.1, -0.05) is 17.7 Å². The number of hydrogen-bond acceptors (Lipinski definition) is 2. The molecule has 0 radical (unpaired) electrons. The van der Waals surface area contributed by atoms with Crippen molar-refractivity contribution in [3.8, 4) is 5.75 Å². The summed E-state index contributed by atoms with van der Waals surface area (Å²) in [4.78, 5) is 0. The third-order valence-corrected chi connectivity index (χ3v) is 4.23. The van der Waals surface area contributed by atoms with Gasteiger partial charge in [0.15, 0.2) is 0 Å². The Morgan fingerprint density at radius 2 is 1.94 bits per heavy atom. The van der Waals surface area contributed by atoms with Crippen LogP contribution in [0, 0.1) is 5.92 Å². The molecule has 18 heavy (non-hydrogen) atoms. The molecule has 1 N–H and O–H groups in total. The first-order chi connectivity index (χ1) is 8.83. The fraction of sp³-hybridized carbons (Fsp3) is 0.600. The molecular weight excluding hydrogens is 246 g/mol. The second-order valence-electron chi connectivity index (χ2n) is 5.47. The van der Waals surface area contributed by atoms with Gasteiger partial charge < -0.3 is 10.1 Å². The van der Waals surface area contributed by atoms with Gasteiger partial charge in [-0.05, 0) is 68.3 Å². The van der Waals surface area contributed by atoms with Gasteiger partial charge in [0, 0.05) is 0 Å². The summed E-state index contributed by atoms with van der Waals surface area (Å²) in [6.45, 7) is 3.05. The summed E-state index contributed by atoms with van der Waals surface area (Å²) in [5, 5.41) is 4.16. The largest absolute Gasteiger partial charge is 0.492 e. The summed E-state index contributed by atoms with van der Waals surface area (Å²) < 4.78 is 5.76. The van der Waals surface area contributed by atoms with E-state index in [1.807, 2.05) is 6.07 Å². The van der Waals surface area contributed by atoms with Gasteiger partial charge in [0.1, 0.15) is 5.75 Å². The van der Waals surface area contributed by atoms with E-state index in [0.29, 0.717) is 5.92 Å². The molecule has 98 valence electrons. The van der Waals surface area contributed by atoms with Crippen LogP contribution in [0.25, 0.3) is 0 Å². The number of piperidine rings is 1. The van der Waals surface area contributed by atoms with Crippen LogP contribution in [0.15, 0.2) is 18.2 Å². The maximum atomic E-state index is 6.31. The summed E-state index contributed by atoms with van der Waals surface area (Å²) in [6.07, 6.45) is 5.03. The highest BCUT2D eigenvalue weighted by atomic mass is 35.5. The lowest BCUT2D eigenvalue weighted by Gasteiger charge is -2.23. The molecule has 0 bridgehead atoms. The van der Waals surface area contributed by atoms with Crippen LogP contribution in [0.1, 0.15) is 37.2 Å². The molecule has 2 aliphatic rings. The van der Waals surface area contributed by atoms with E-state index in [2.05, 4.69) is 17.4 Å². The van der Waals surface area contributed by atoms with Crippen LogP contribution < -0.4 is 10.1 Å². The van der Waals surface area contributed by atoms with E-state index in [4.69, 9.17) is 16.3 Å². The van der Waals surface area contributed by atoms with Gasteiger partial charge in [-0.2, -0.15) is 0 Å². The minimum absolute atomic E-state index is 0.654. The molecule has 1 heterocycles. The van der Waals surface area contributed by atoms with Gasteiger partial charge in [0.2, 0.25) is 0 Å². The van der Waals surface area contributed by atoms with E-state index >= 15 is 0 Å². The summed E-state index contributed by atoms with van der Waals surface area (Å²) in [6, 6.07) is 6.33. The van der Waals surface area contributed by atoms with E-state index in [1.165, 1.54) is 31.2 Å². The Labute approximate surface area is 114 Å². The Balaban J connectivity index is 1.66. The molecule has 0 spiro atoms. The van der Waals surface area contributed by atoms with Crippen molar-refractivity contribution in [2.24, 2.45) is 5.92 Å². The van der Waals surface area contributed by atoms with Crippen molar-refractivity contribution >= 4 is 11.6 Å². The monoisotopic (exact) mass is 265 g/mol. The van der Waals surface area contributed by atoms with Crippen LogP contribution in [0.4, 0.5) is 0 Å². The van der Waals surface area contributed by atoms with Crippen LogP contribution in [-0.4, -0.2) is 19.7 Å². The zero-order valence-electron chi connectivity index (χ0n) is 10.6. The molecular formula is C15H20ClNO. The normalized spacial score (nSPS) is 20.9. The second kappa shape index (κ2) is 5.50. The van der Waals surface area contributed by atoms with Gasteiger partial charge >= 0.3 is 0 Å². The predicted molar refractivity (Wildman–Crippen MR) is 74.5 cm³/mol. The molecule has 1 aliphatic carbocycles. The highest BCUT2D eigenvalue weighted by molar-refractivity contribution is 6.32. The van der Waals surface area contributed by atoms with Crippen molar-refractivity contribution in [1.29, 1.82) is 0 Å². The SMILES string of the molecule is Clc1cc(C2CCNCC2)ccc1OCC1CC1. The fourth-order valence-electron chi connectivity index (χ4n) is 2.54. The van der Waals surface area contributed by atoms with Gasteiger partial charge in [-0.3, -0.25) is 0 Å². The molecule has 2 fully saturated rings. The van der Waals surface area contributed by atoms with Crippen molar-refractivity contribution in [3.05, 3.63) is 28.8 Å². The van der Waals surface area contributed by atoms with Gasteiger partial charge in [0.05, 0.1) is 11.6 Å². The van der Waals surface area contributed by atoms with Crippen LogP contribution in [-0.2, 0) is 0 Å². The van der Waals surface area contributed by atoms with Crippen LogP contribution in [0.3, 0.4) is 0 Å². The lowest BCUT2D eigenvalue weighted by molar-refractivity contribution is 0.300. The molecule has 1 saturated heterocycles. The second-order valence-corrected chi connectivity index (χ2v) is 5.88. The third kappa shape index (κ3) is 2.99. The van der Waals surface area contributed by atoms with Crippen molar-refractivity contribution in [3.63, 3.8) is 0 Å². The Bertz CT molecular complexity index is 411. The summed E-state index contributed by atoms with van der Waals surface area (Å²) in [5.74, 6) is 2.27. The lowest BCUT2D eigenvalue weighted by atomic mass is 9.90. The van der Waals surface area contributed by atoms with E-state index in [0.717, 1.165) is 36.4 Å². The fourth-order valence-corrected chi connectivity index (χ4v) is 2.78. The van der Waals surface area contributed by atoms with Crippen molar-refractivity contribution in [2.45, 2.75) is 31.6 Å². The predicted octanol–water partition coefficient (Wildman–Crippen LogP) is 3.60. The summed E-state index contributed by atoms with van der Waals surface area (Å²) in [5.41, 5.74) is 1.36. The molecule has 0 unspecified atom stereocenters. The number of ether oxygens (including phenoxy) is 1. The first-order valence-corrected chi connectivity index (χ1v) is 7.33. The van der Waals surface area contributed by atoms with Crippen LogP contribution in [0.5, 0.6) is 5.75 Å². The van der Waals surface area contributed by atoms with Crippen molar-refractivity contribution in [1.82, 2.24) is 5.32 Å². The van der Waals surface area contributed by atoms with Gasteiger partial charge in [-0.25, -0.2) is 0 Å². The molecule has 0 aromatic heterocycles. The van der Waals surface area contributed by atoms with Crippen LogP contribution in [0.2, 0.25) is 5.02 Å². The number of hydrogen-bond donors (Lipinski definition) is 1. The topological polar surface area (TPSA) is 21.3 Å². The maximum absolute atomic E-state index is 6.31. The van der Waals surface area contributed by atoms with E-state index in [1.54, 1.807) is 0 Å². The van der Waals surface area contributed by atoms with Gasteiger partial charge in [0.25, 0.3) is 0 Å². The quantitative estimate of drug-likeness (QED) is 0.898. The summed E-state index contributed by atoms with van der Waals surface area (Å²) in [7, 11) is 0. The first-order valence-electron chi connectivity index (χ1n) is 6.96. The Kier molecular flexibility index (Phi) is 3.76. The smallest absolute Gasteiger partial charge is 0.137 e. The highest BCUT2D eigenvalue weighted by Crippen LogP contribution is 2.34. The molecule has 3 rings (SSSR count). The Hall–Kier alpha value is -0.730. The van der Waals surface area contributed by atoms with Gasteiger partial charge in [-0.15, -0.1) is 0 Å². The molecule has 1 aliphatic heterocycles.